The van der Waals surface area contributed by atoms with Crippen molar-refractivity contribution in [3.8, 4) is 0 Å². The number of aromatic nitrogens is 2. The Balaban J connectivity index is 0.00000208. The van der Waals surface area contributed by atoms with Gasteiger partial charge in [0.1, 0.15) is 6.54 Å². The maximum atomic E-state index is 12.5. The SMILES string of the molecule is CN(C(=O)Cn1cnc2ccccc2c1=O)C1CCCNCC1.Cl. The number of benzene rings is 1. The average Bonchev–Trinajstić information content (AvgIpc) is 2.86. The molecule has 1 aromatic heterocycles. The highest BCUT2D eigenvalue weighted by atomic mass is 35.5. The van der Waals surface area contributed by atoms with Crippen LogP contribution in [0.3, 0.4) is 0 Å². The molecule has 1 unspecified atom stereocenters. The molecule has 6 nitrogen and oxygen atoms in total. The van der Waals surface area contributed by atoms with Crippen molar-refractivity contribution < 1.29 is 4.79 Å². The Bertz CT molecular complexity index is 754. The largest absolute Gasteiger partial charge is 0.341 e. The molecule has 24 heavy (non-hydrogen) atoms. The standard InChI is InChI=1S/C17H22N4O2.ClH/c1-20(13-5-4-9-18-10-8-13)16(22)11-21-12-19-15-7-3-2-6-14(15)17(21)23;/h2-3,6-7,12-13,18H,4-5,8-11H2,1H3;1H. The minimum Gasteiger partial charge on any atom is -0.341 e. The highest BCUT2D eigenvalue weighted by Gasteiger charge is 2.21. The number of para-hydroxylation sites is 1. The third-order valence-electron chi connectivity index (χ3n) is 4.52. The zero-order valence-electron chi connectivity index (χ0n) is 13.8. The van der Waals surface area contributed by atoms with E-state index >= 15 is 0 Å². The first kappa shape index (κ1) is 18.4. The molecule has 3 rings (SSSR count). The molecule has 130 valence electrons. The topological polar surface area (TPSA) is 67.2 Å². The van der Waals surface area contributed by atoms with Crippen molar-refractivity contribution in [2.45, 2.75) is 31.8 Å². The molecular weight excluding hydrogens is 328 g/mol. The number of rotatable bonds is 3. The molecule has 2 aromatic rings. The Kier molecular flexibility index (Phi) is 6.34. The molecule has 1 atom stereocenters. The molecule has 1 amide bonds. The van der Waals surface area contributed by atoms with E-state index in [2.05, 4.69) is 10.3 Å². The lowest BCUT2D eigenvalue weighted by molar-refractivity contribution is -0.132. The number of carbonyl (C=O) groups excluding carboxylic acids is 1. The van der Waals surface area contributed by atoms with E-state index in [0.717, 1.165) is 32.4 Å². The molecule has 7 heteroatoms. The van der Waals surface area contributed by atoms with Crippen LogP contribution in [0.5, 0.6) is 0 Å². The van der Waals surface area contributed by atoms with Crippen molar-refractivity contribution in [2.75, 3.05) is 20.1 Å². The lowest BCUT2D eigenvalue weighted by Gasteiger charge is -2.27. The first-order valence-electron chi connectivity index (χ1n) is 8.07. The van der Waals surface area contributed by atoms with Gasteiger partial charge in [-0.15, -0.1) is 12.4 Å². The van der Waals surface area contributed by atoms with Gasteiger partial charge >= 0.3 is 0 Å². The van der Waals surface area contributed by atoms with E-state index in [9.17, 15) is 9.59 Å². The van der Waals surface area contributed by atoms with Crippen molar-refractivity contribution in [1.82, 2.24) is 19.8 Å². The van der Waals surface area contributed by atoms with Gasteiger partial charge in [-0.3, -0.25) is 14.2 Å². The molecule has 1 aliphatic heterocycles. The van der Waals surface area contributed by atoms with Crippen molar-refractivity contribution in [3.63, 3.8) is 0 Å². The molecule has 1 fully saturated rings. The van der Waals surface area contributed by atoms with E-state index in [1.54, 1.807) is 17.0 Å². The van der Waals surface area contributed by atoms with Gasteiger partial charge in [0.05, 0.1) is 17.2 Å². The van der Waals surface area contributed by atoms with E-state index in [4.69, 9.17) is 0 Å². The fourth-order valence-corrected chi connectivity index (χ4v) is 3.07. The smallest absolute Gasteiger partial charge is 0.261 e. The van der Waals surface area contributed by atoms with Gasteiger partial charge in [0.15, 0.2) is 0 Å². The summed E-state index contributed by atoms with van der Waals surface area (Å²) in [7, 11) is 1.83. The molecule has 1 N–H and O–H groups in total. The molecule has 1 aromatic carbocycles. The second-order valence-corrected chi connectivity index (χ2v) is 6.03. The van der Waals surface area contributed by atoms with E-state index in [-0.39, 0.29) is 36.5 Å². The summed E-state index contributed by atoms with van der Waals surface area (Å²) < 4.78 is 1.40. The van der Waals surface area contributed by atoms with E-state index in [1.165, 1.54) is 10.9 Å². The Hall–Kier alpha value is -1.92. The molecule has 1 saturated heterocycles. The zero-order chi connectivity index (χ0) is 16.2. The third-order valence-corrected chi connectivity index (χ3v) is 4.52. The van der Waals surface area contributed by atoms with Crippen LogP contribution in [0.4, 0.5) is 0 Å². The highest BCUT2D eigenvalue weighted by Crippen LogP contribution is 2.12. The molecule has 0 radical (unpaired) electrons. The minimum absolute atomic E-state index is 0. The molecule has 0 spiro atoms. The van der Waals surface area contributed by atoms with Crippen LogP contribution in [0.2, 0.25) is 0 Å². The lowest BCUT2D eigenvalue weighted by atomic mass is 10.1. The number of fused-ring (bicyclic) bond motifs is 1. The van der Waals surface area contributed by atoms with Crippen LogP contribution in [0.1, 0.15) is 19.3 Å². The Labute approximate surface area is 147 Å². The number of carbonyl (C=O) groups is 1. The average molecular weight is 351 g/mol. The Morgan fingerprint density at radius 2 is 2.12 bits per heavy atom. The van der Waals surface area contributed by atoms with Crippen LogP contribution < -0.4 is 10.9 Å². The van der Waals surface area contributed by atoms with Gasteiger partial charge in [0.2, 0.25) is 5.91 Å². The number of halogens is 1. The van der Waals surface area contributed by atoms with Gasteiger partial charge in [-0.1, -0.05) is 12.1 Å². The van der Waals surface area contributed by atoms with Crippen molar-refractivity contribution >= 4 is 29.2 Å². The van der Waals surface area contributed by atoms with E-state index < -0.39 is 0 Å². The van der Waals surface area contributed by atoms with Crippen LogP contribution in [0, 0.1) is 0 Å². The molecule has 2 heterocycles. The quantitative estimate of drug-likeness (QED) is 0.909. The summed E-state index contributed by atoms with van der Waals surface area (Å²) in [6.45, 7) is 1.98. The molecular formula is C17H23ClN4O2. The highest BCUT2D eigenvalue weighted by molar-refractivity contribution is 5.85. The number of amides is 1. The molecule has 0 aliphatic carbocycles. The molecule has 0 bridgehead atoms. The monoisotopic (exact) mass is 350 g/mol. The number of hydrogen-bond donors (Lipinski definition) is 1. The molecule has 0 saturated carbocycles. The van der Waals surface area contributed by atoms with E-state index in [0.29, 0.717) is 10.9 Å². The summed E-state index contributed by atoms with van der Waals surface area (Å²) in [6, 6.07) is 7.43. The summed E-state index contributed by atoms with van der Waals surface area (Å²) in [5.74, 6) is -0.0453. The fraction of sp³-hybridized carbons (Fsp3) is 0.471. The Morgan fingerprint density at radius 3 is 2.96 bits per heavy atom. The lowest BCUT2D eigenvalue weighted by Crippen LogP contribution is -2.41. The van der Waals surface area contributed by atoms with Crippen LogP contribution in [0.25, 0.3) is 10.9 Å². The second kappa shape index (κ2) is 8.26. The fourth-order valence-electron chi connectivity index (χ4n) is 3.07. The summed E-state index contributed by atoms with van der Waals surface area (Å²) >= 11 is 0. The number of hydrogen-bond acceptors (Lipinski definition) is 4. The van der Waals surface area contributed by atoms with Crippen molar-refractivity contribution in [3.05, 3.63) is 40.9 Å². The molecule has 1 aliphatic rings. The summed E-state index contributed by atoms with van der Waals surface area (Å²) in [5, 5.41) is 3.89. The van der Waals surface area contributed by atoms with Gasteiger partial charge in [-0.05, 0) is 44.5 Å². The van der Waals surface area contributed by atoms with Crippen LogP contribution in [0.15, 0.2) is 35.4 Å². The summed E-state index contributed by atoms with van der Waals surface area (Å²) in [4.78, 5) is 31.0. The first-order valence-corrected chi connectivity index (χ1v) is 8.07. The van der Waals surface area contributed by atoms with Gasteiger partial charge < -0.3 is 10.2 Å². The predicted octanol–water partition coefficient (Wildman–Crippen LogP) is 1.42. The predicted molar refractivity (Wildman–Crippen MR) is 96.5 cm³/mol. The summed E-state index contributed by atoms with van der Waals surface area (Å²) in [5.41, 5.74) is 0.490. The minimum atomic E-state index is -0.167. The number of likely N-dealkylation sites (N-methyl/N-ethyl adjacent to an activating group) is 1. The number of nitrogens with one attached hydrogen (secondary N) is 1. The normalized spacial score (nSPS) is 17.8. The maximum absolute atomic E-state index is 12.5. The van der Waals surface area contributed by atoms with Crippen LogP contribution >= 0.6 is 12.4 Å². The van der Waals surface area contributed by atoms with Gasteiger partial charge in [-0.25, -0.2) is 4.98 Å². The van der Waals surface area contributed by atoms with Gasteiger partial charge in [0.25, 0.3) is 5.56 Å². The first-order chi connectivity index (χ1) is 11.2. The van der Waals surface area contributed by atoms with Crippen molar-refractivity contribution in [1.29, 1.82) is 0 Å². The van der Waals surface area contributed by atoms with E-state index in [1.807, 2.05) is 19.2 Å². The van der Waals surface area contributed by atoms with Crippen LogP contribution in [-0.4, -0.2) is 46.5 Å². The zero-order valence-corrected chi connectivity index (χ0v) is 14.6. The second-order valence-electron chi connectivity index (χ2n) is 6.03. The Morgan fingerprint density at radius 1 is 1.33 bits per heavy atom. The third kappa shape index (κ3) is 3.94. The van der Waals surface area contributed by atoms with Gasteiger partial charge in [0, 0.05) is 13.1 Å². The number of nitrogens with zero attached hydrogens (tertiary/aromatic N) is 3. The maximum Gasteiger partial charge on any atom is 0.261 e. The van der Waals surface area contributed by atoms with Crippen LogP contribution in [-0.2, 0) is 11.3 Å². The van der Waals surface area contributed by atoms with Crippen molar-refractivity contribution in [2.24, 2.45) is 0 Å². The van der Waals surface area contributed by atoms with Gasteiger partial charge in [-0.2, -0.15) is 0 Å². The summed E-state index contributed by atoms with van der Waals surface area (Å²) in [6.07, 6.45) is 4.48.